The number of aromatic amines is 1. The number of methoxy groups -OCH3 is 1. The average Bonchev–Trinajstić information content (AvgIpc) is 3.03. The van der Waals surface area contributed by atoms with Crippen molar-refractivity contribution in [3.05, 3.63) is 52.8 Å². The van der Waals surface area contributed by atoms with Gasteiger partial charge in [-0.2, -0.15) is 5.26 Å². The molecule has 0 saturated carbocycles. The summed E-state index contributed by atoms with van der Waals surface area (Å²) in [7, 11) is 1.49. The molecule has 0 spiro atoms. The van der Waals surface area contributed by atoms with E-state index in [1.54, 1.807) is 24.3 Å². The van der Waals surface area contributed by atoms with Crippen molar-refractivity contribution in [3.8, 4) is 17.6 Å². The first kappa shape index (κ1) is 18.2. The van der Waals surface area contributed by atoms with Crippen LogP contribution in [0.4, 0.5) is 0 Å². The fourth-order valence-corrected chi connectivity index (χ4v) is 2.73. The topological polar surface area (TPSA) is 88.0 Å². The van der Waals surface area contributed by atoms with Crippen LogP contribution < -0.4 is 9.47 Å². The minimum atomic E-state index is -0.429. The highest BCUT2D eigenvalue weighted by atomic mass is 16.6. The van der Waals surface area contributed by atoms with Crippen molar-refractivity contribution in [3.63, 3.8) is 0 Å². The number of esters is 1. The minimum Gasteiger partial charge on any atom is -0.493 e. The molecule has 1 aromatic heterocycles. The Morgan fingerprint density at radius 3 is 2.59 bits per heavy atom. The van der Waals surface area contributed by atoms with Crippen LogP contribution in [-0.2, 0) is 4.79 Å². The Labute approximate surface area is 157 Å². The molecule has 0 unspecified atom stereocenters. The first-order chi connectivity index (χ1) is 12.9. The molecule has 0 radical (unpaired) electrons. The van der Waals surface area contributed by atoms with Crippen LogP contribution in [0, 0.1) is 25.2 Å². The second-order valence-electron chi connectivity index (χ2n) is 6.21. The first-order valence-electron chi connectivity index (χ1n) is 8.37. The molecule has 1 heterocycles. The smallest absolute Gasteiger partial charge is 0.308 e. The van der Waals surface area contributed by atoms with Gasteiger partial charge >= 0.3 is 5.97 Å². The highest BCUT2D eigenvalue weighted by molar-refractivity contribution is 5.90. The normalized spacial score (nSPS) is 11.3. The zero-order valence-electron chi connectivity index (χ0n) is 15.6. The van der Waals surface area contributed by atoms with Gasteiger partial charge in [0.25, 0.3) is 0 Å². The number of carbonyl (C=O) groups excluding carboxylic acids is 1. The largest absolute Gasteiger partial charge is 0.493 e. The lowest BCUT2D eigenvalue weighted by atomic mass is 10.1. The van der Waals surface area contributed by atoms with Gasteiger partial charge in [0.05, 0.1) is 23.7 Å². The summed E-state index contributed by atoms with van der Waals surface area (Å²) in [5, 5.41) is 9.60. The van der Waals surface area contributed by atoms with Crippen molar-refractivity contribution < 1.29 is 14.3 Å². The number of benzene rings is 2. The van der Waals surface area contributed by atoms with Crippen molar-refractivity contribution in [2.24, 2.45) is 0 Å². The van der Waals surface area contributed by atoms with E-state index in [1.807, 2.05) is 26.0 Å². The van der Waals surface area contributed by atoms with E-state index in [1.165, 1.54) is 14.0 Å². The lowest BCUT2D eigenvalue weighted by Gasteiger charge is -2.08. The van der Waals surface area contributed by atoms with Crippen LogP contribution in [0.2, 0.25) is 0 Å². The molecule has 2 aromatic carbocycles. The van der Waals surface area contributed by atoms with Gasteiger partial charge in [-0.3, -0.25) is 4.79 Å². The predicted octanol–water partition coefficient (Wildman–Crippen LogP) is 4.18. The van der Waals surface area contributed by atoms with Gasteiger partial charge in [-0.15, -0.1) is 0 Å². The summed E-state index contributed by atoms with van der Waals surface area (Å²) in [6, 6.07) is 11.3. The molecular weight excluding hydrogens is 342 g/mol. The van der Waals surface area contributed by atoms with Crippen molar-refractivity contribution in [1.82, 2.24) is 9.97 Å². The quantitative estimate of drug-likeness (QED) is 0.428. The van der Waals surface area contributed by atoms with E-state index < -0.39 is 5.97 Å². The monoisotopic (exact) mass is 361 g/mol. The number of fused-ring (bicyclic) bond motifs is 1. The van der Waals surface area contributed by atoms with Crippen molar-refractivity contribution >= 4 is 28.7 Å². The molecule has 1 N–H and O–H groups in total. The van der Waals surface area contributed by atoms with Crippen molar-refractivity contribution in [2.45, 2.75) is 20.8 Å². The van der Waals surface area contributed by atoms with Gasteiger partial charge in [0.15, 0.2) is 11.5 Å². The molecule has 3 rings (SSSR count). The fourth-order valence-electron chi connectivity index (χ4n) is 2.73. The Morgan fingerprint density at radius 1 is 1.19 bits per heavy atom. The number of imidazole rings is 1. The molecule has 0 fully saturated rings. The maximum absolute atomic E-state index is 11.2. The number of hydrogen-bond donors (Lipinski definition) is 1. The summed E-state index contributed by atoms with van der Waals surface area (Å²) in [6.45, 7) is 5.39. The van der Waals surface area contributed by atoms with Gasteiger partial charge in [-0.05, 0) is 60.9 Å². The van der Waals surface area contributed by atoms with Crippen LogP contribution in [0.5, 0.6) is 11.5 Å². The highest BCUT2D eigenvalue weighted by Gasteiger charge is 2.11. The average molecular weight is 361 g/mol. The predicted molar refractivity (Wildman–Crippen MR) is 103 cm³/mol. The Balaban J connectivity index is 2.01. The zero-order chi connectivity index (χ0) is 19.6. The second kappa shape index (κ2) is 7.34. The zero-order valence-corrected chi connectivity index (χ0v) is 15.6. The number of H-pyrrole nitrogens is 1. The number of rotatable bonds is 4. The highest BCUT2D eigenvalue weighted by Crippen LogP contribution is 2.30. The van der Waals surface area contributed by atoms with Crippen LogP contribution in [-0.4, -0.2) is 23.0 Å². The van der Waals surface area contributed by atoms with Gasteiger partial charge in [-0.25, -0.2) is 4.98 Å². The Hall–Kier alpha value is -3.59. The summed E-state index contributed by atoms with van der Waals surface area (Å²) >= 11 is 0. The molecular formula is C21H19N3O3. The number of nitriles is 1. The summed E-state index contributed by atoms with van der Waals surface area (Å²) in [5.74, 6) is 0.810. The van der Waals surface area contributed by atoms with E-state index in [-0.39, 0.29) is 0 Å². The van der Waals surface area contributed by atoms with Gasteiger partial charge in [0.2, 0.25) is 0 Å². The van der Waals surface area contributed by atoms with Crippen LogP contribution in [0.1, 0.15) is 29.4 Å². The number of carbonyl (C=O) groups is 1. The Bertz CT molecular complexity index is 1060. The van der Waals surface area contributed by atoms with Gasteiger partial charge in [0.1, 0.15) is 11.9 Å². The summed E-state index contributed by atoms with van der Waals surface area (Å²) < 4.78 is 10.4. The third-order valence-corrected chi connectivity index (χ3v) is 4.23. The number of nitrogens with zero attached hydrogens (tertiary/aromatic N) is 2. The molecule has 6 nitrogen and oxygen atoms in total. The summed E-state index contributed by atoms with van der Waals surface area (Å²) in [4.78, 5) is 18.9. The number of ether oxygens (including phenoxy) is 2. The lowest BCUT2D eigenvalue weighted by Crippen LogP contribution is -2.03. The summed E-state index contributed by atoms with van der Waals surface area (Å²) in [6.07, 6.45) is 1.71. The van der Waals surface area contributed by atoms with Crippen molar-refractivity contribution in [2.75, 3.05) is 7.11 Å². The molecule has 0 aliphatic carbocycles. The first-order valence-corrected chi connectivity index (χ1v) is 8.37. The lowest BCUT2D eigenvalue weighted by molar-refractivity contribution is -0.132. The van der Waals surface area contributed by atoms with Gasteiger partial charge in [-0.1, -0.05) is 6.07 Å². The Morgan fingerprint density at radius 2 is 1.93 bits per heavy atom. The van der Waals surface area contributed by atoms with Gasteiger partial charge < -0.3 is 14.5 Å². The number of aromatic nitrogens is 2. The SMILES string of the molecule is COc1cc(/C=C(/C#N)c2nc3cc(C)c(C)cc3[nH]2)ccc1OC(C)=O. The molecule has 0 aliphatic heterocycles. The number of allylic oxidation sites excluding steroid dienone is 1. The molecule has 3 aromatic rings. The van der Waals surface area contributed by atoms with Crippen LogP contribution >= 0.6 is 0 Å². The van der Waals surface area contributed by atoms with E-state index >= 15 is 0 Å². The fraction of sp³-hybridized carbons (Fsp3) is 0.190. The molecule has 0 bridgehead atoms. The van der Waals surface area contributed by atoms with E-state index in [0.29, 0.717) is 22.9 Å². The number of nitrogens with one attached hydrogen (secondary N) is 1. The van der Waals surface area contributed by atoms with Crippen molar-refractivity contribution in [1.29, 1.82) is 5.26 Å². The molecule has 0 saturated heterocycles. The maximum Gasteiger partial charge on any atom is 0.308 e. The molecule has 6 heteroatoms. The number of aryl methyl sites for hydroxylation is 2. The maximum atomic E-state index is 11.2. The van der Waals surface area contributed by atoms with Crippen LogP contribution in [0.15, 0.2) is 30.3 Å². The third kappa shape index (κ3) is 3.82. The molecule has 0 atom stereocenters. The van der Waals surface area contributed by atoms with Gasteiger partial charge in [0, 0.05) is 6.92 Å². The molecule has 27 heavy (non-hydrogen) atoms. The van der Waals surface area contributed by atoms with E-state index in [2.05, 4.69) is 16.0 Å². The van der Waals surface area contributed by atoms with E-state index in [0.717, 1.165) is 27.7 Å². The second-order valence-corrected chi connectivity index (χ2v) is 6.21. The Kier molecular flexibility index (Phi) is 4.95. The number of hydrogen-bond acceptors (Lipinski definition) is 5. The van der Waals surface area contributed by atoms with E-state index in [9.17, 15) is 10.1 Å². The molecule has 136 valence electrons. The van der Waals surface area contributed by atoms with E-state index in [4.69, 9.17) is 9.47 Å². The third-order valence-electron chi connectivity index (χ3n) is 4.23. The van der Waals surface area contributed by atoms with Crippen LogP contribution in [0.25, 0.3) is 22.7 Å². The summed E-state index contributed by atoms with van der Waals surface area (Å²) in [5.41, 5.74) is 5.13. The molecule has 0 aliphatic rings. The molecule has 0 amide bonds. The van der Waals surface area contributed by atoms with Crippen LogP contribution in [0.3, 0.4) is 0 Å². The minimum absolute atomic E-state index is 0.329. The standard InChI is InChI=1S/C21H19N3O3/c1-12-7-17-18(8-13(12)2)24-21(23-17)16(11-22)9-15-5-6-19(27-14(3)25)20(10-15)26-4/h5-10H,1-4H3,(H,23,24)/b16-9-.